The maximum Gasteiger partial charge on any atom is 0.387 e. The third-order valence-electron chi connectivity index (χ3n) is 1.12. The topological polar surface area (TPSA) is 22.1 Å². The Morgan fingerprint density at radius 3 is 2.67 bits per heavy atom. The average Bonchev–Trinajstić information content (AvgIpc) is 1.81. The first-order valence-corrected chi connectivity index (χ1v) is 3.96. The summed E-state index contributed by atoms with van der Waals surface area (Å²) >= 11 is 3.07. The number of halogens is 3. The van der Waals surface area contributed by atoms with Crippen molar-refractivity contribution in [2.45, 2.75) is 13.5 Å². The molecule has 0 saturated carbocycles. The molecule has 0 saturated heterocycles. The van der Waals surface area contributed by atoms with Gasteiger partial charge in [0.05, 0.1) is 0 Å². The number of pyridine rings is 1. The maximum atomic E-state index is 11.7. The molecule has 12 heavy (non-hydrogen) atoms. The van der Waals surface area contributed by atoms with Gasteiger partial charge in [-0.3, -0.25) is 0 Å². The van der Waals surface area contributed by atoms with Crippen molar-refractivity contribution in [2.24, 2.45) is 0 Å². The molecular formula is C7H6BrF2NO. The highest BCUT2D eigenvalue weighted by molar-refractivity contribution is 9.10. The SMILES string of the molecule is Cc1cc(OC(F)F)cc(Br)n1. The minimum atomic E-state index is -2.79. The third-order valence-corrected chi connectivity index (χ3v) is 1.53. The quantitative estimate of drug-likeness (QED) is 0.739. The lowest BCUT2D eigenvalue weighted by molar-refractivity contribution is -0.0499. The zero-order valence-electron chi connectivity index (χ0n) is 6.22. The van der Waals surface area contributed by atoms with Gasteiger partial charge in [0, 0.05) is 17.8 Å². The fourth-order valence-corrected chi connectivity index (χ4v) is 1.27. The molecule has 5 heteroatoms. The first kappa shape index (κ1) is 9.38. The van der Waals surface area contributed by atoms with Crippen LogP contribution in [0.2, 0.25) is 0 Å². The van der Waals surface area contributed by atoms with E-state index in [1.54, 1.807) is 6.92 Å². The Hall–Kier alpha value is -0.710. The van der Waals surface area contributed by atoms with Gasteiger partial charge in [-0.1, -0.05) is 0 Å². The largest absolute Gasteiger partial charge is 0.435 e. The van der Waals surface area contributed by atoms with Gasteiger partial charge in [0.2, 0.25) is 0 Å². The highest BCUT2D eigenvalue weighted by Gasteiger charge is 2.05. The molecule has 0 aromatic carbocycles. The van der Waals surface area contributed by atoms with E-state index in [0.29, 0.717) is 10.3 Å². The van der Waals surface area contributed by atoms with Crippen molar-refractivity contribution in [1.82, 2.24) is 4.98 Å². The standard InChI is InChI=1S/C7H6BrF2NO/c1-4-2-5(12-7(9)10)3-6(8)11-4/h2-3,7H,1H3. The molecule has 0 spiro atoms. The lowest BCUT2D eigenvalue weighted by Crippen LogP contribution is -2.02. The minimum Gasteiger partial charge on any atom is -0.435 e. The smallest absolute Gasteiger partial charge is 0.387 e. The first-order valence-electron chi connectivity index (χ1n) is 3.17. The van der Waals surface area contributed by atoms with Crippen molar-refractivity contribution in [3.05, 3.63) is 22.4 Å². The van der Waals surface area contributed by atoms with E-state index in [2.05, 4.69) is 25.7 Å². The molecule has 0 unspecified atom stereocenters. The fraction of sp³-hybridized carbons (Fsp3) is 0.286. The number of ether oxygens (including phenoxy) is 1. The van der Waals surface area contributed by atoms with Crippen molar-refractivity contribution in [1.29, 1.82) is 0 Å². The van der Waals surface area contributed by atoms with Crippen LogP contribution >= 0.6 is 15.9 Å². The van der Waals surface area contributed by atoms with E-state index in [1.807, 2.05) is 0 Å². The molecule has 1 heterocycles. The summed E-state index contributed by atoms with van der Waals surface area (Å²) in [5.41, 5.74) is 0.625. The Kier molecular flexibility index (Phi) is 2.97. The Labute approximate surface area is 76.7 Å². The number of hydrogen-bond acceptors (Lipinski definition) is 2. The van der Waals surface area contributed by atoms with Gasteiger partial charge in [0.25, 0.3) is 0 Å². The Bertz CT molecular complexity index is 260. The summed E-state index contributed by atoms with van der Waals surface area (Å²) in [6.45, 7) is -1.10. The van der Waals surface area contributed by atoms with Crippen molar-refractivity contribution in [2.75, 3.05) is 0 Å². The second-order valence-electron chi connectivity index (χ2n) is 2.15. The van der Waals surface area contributed by atoms with Crippen LogP contribution in [0, 0.1) is 6.92 Å². The van der Waals surface area contributed by atoms with Crippen LogP contribution in [-0.4, -0.2) is 11.6 Å². The van der Waals surface area contributed by atoms with Gasteiger partial charge >= 0.3 is 6.61 Å². The zero-order chi connectivity index (χ0) is 9.14. The summed E-state index contributed by atoms with van der Waals surface area (Å²) in [6, 6.07) is 2.83. The maximum absolute atomic E-state index is 11.7. The minimum absolute atomic E-state index is 0.115. The van der Waals surface area contributed by atoms with Gasteiger partial charge in [-0.05, 0) is 22.9 Å². The van der Waals surface area contributed by atoms with Crippen LogP contribution in [0.5, 0.6) is 5.75 Å². The number of hydrogen-bond donors (Lipinski definition) is 0. The molecule has 66 valence electrons. The molecule has 1 rings (SSSR count). The fourth-order valence-electron chi connectivity index (χ4n) is 0.769. The Morgan fingerprint density at radius 1 is 1.50 bits per heavy atom. The predicted octanol–water partition coefficient (Wildman–Crippen LogP) is 2.75. The van der Waals surface area contributed by atoms with Crippen LogP contribution in [0.15, 0.2) is 16.7 Å². The number of alkyl halides is 2. The molecule has 2 nitrogen and oxygen atoms in total. The van der Waals surface area contributed by atoms with E-state index >= 15 is 0 Å². The van der Waals surface area contributed by atoms with Crippen molar-refractivity contribution in [3.8, 4) is 5.75 Å². The van der Waals surface area contributed by atoms with Gasteiger partial charge in [-0.2, -0.15) is 8.78 Å². The average molecular weight is 238 g/mol. The number of aryl methyl sites for hydroxylation is 1. The monoisotopic (exact) mass is 237 g/mol. The summed E-state index contributed by atoms with van der Waals surface area (Å²) in [5.74, 6) is 0.115. The van der Waals surface area contributed by atoms with Crippen LogP contribution < -0.4 is 4.74 Å². The van der Waals surface area contributed by atoms with E-state index in [0.717, 1.165) is 0 Å². The van der Waals surface area contributed by atoms with Gasteiger partial charge in [-0.15, -0.1) is 0 Å². The normalized spacial score (nSPS) is 10.4. The molecule has 0 atom stereocenters. The molecular weight excluding hydrogens is 232 g/mol. The van der Waals surface area contributed by atoms with E-state index in [1.165, 1.54) is 12.1 Å². The van der Waals surface area contributed by atoms with Gasteiger partial charge in [0.1, 0.15) is 10.4 Å². The molecule has 1 aromatic rings. The van der Waals surface area contributed by atoms with Crippen LogP contribution in [-0.2, 0) is 0 Å². The van der Waals surface area contributed by atoms with Crippen LogP contribution in [0.1, 0.15) is 5.69 Å². The summed E-state index contributed by atoms with van der Waals surface area (Å²) in [6.07, 6.45) is 0. The second kappa shape index (κ2) is 3.80. The van der Waals surface area contributed by atoms with E-state index in [9.17, 15) is 8.78 Å². The molecule has 1 aromatic heterocycles. The first-order chi connectivity index (χ1) is 5.58. The summed E-state index contributed by atoms with van der Waals surface area (Å²) in [7, 11) is 0. The van der Waals surface area contributed by atoms with Crippen molar-refractivity contribution >= 4 is 15.9 Å². The highest BCUT2D eigenvalue weighted by atomic mass is 79.9. The Balaban J connectivity index is 2.85. The second-order valence-corrected chi connectivity index (χ2v) is 2.96. The van der Waals surface area contributed by atoms with Gasteiger partial charge in [0.15, 0.2) is 0 Å². The number of aromatic nitrogens is 1. The lowest BCUT2D eigenvalue weighted by atomic mass is 10.4. The number of rotatable bonds is 2. The lowest BCUT2D eigenvalue weighted by Gasteiger charge is -2.04. The number of nitrogens with zero attached hydrogens (tertiary/aromatic N) is 1. The molecule has 0 radical (unpaired) electrons. The van der Waals surface area contributed by atoms with Crippen LogP contribution in [0.3, 0.4) is 0 Å². The molecule has 0 aliphatic rings. The van der Waals surface area contributed by atoms with Gasteiger partial charge in [-0.25, -0.2) is 4.98 Å². The molecule has 0 N–H and O–H groups in total. The van der Waals surface area contributed by atoms with E-state index < -0.39 is 6.61 Å². The van der Waals surface area contributed by atoms with Crippen LogP contribution in [0.4, 0.5) is 8.78 Å². The molecule has 0 bridgehead atoms. The van der Waals surface area contributed by atoms with Gasteiger partial charge < -0.3 is 4.74 Å². The third kappa shape index (κ3) is 2.73. The van der Waals surface area contributed by atoms with E-state index in [4.69, 9.17) is 0 Å². The molecule has 0 fully saturated rings. The van der Waals surface area contributed by atoms with Crippen molar-refractivity contribution in [3.63, 3.8) is 0 Å². The van der Waals surface area contributed by atoms with Crippen molar-refractivity contribution < 1.29 is 13.5 Å². The summed E-state index contributed by atoms with van der Waals surface area (Å²) < 4.78 is 28.1. The van der Waals surface area contributed by atoms with Crippen LogP contribution in [0.25, 0.3) is 0 Å². The highest BCUT2D eigenvalue weighted by Crippen LogP contribution is 2.19. The molecule has 0 amide bonds. The summed E-state index contributed by atoms with van der Waals surface area (Å²) in [4.78, 5) is 3.93. The predicted molar refractivity (Wildman–Crippen MR) is 43.3 cm³/mol. The Morgan fingerprint density at radius 2 is 2.17 bits per heavy atom. The molecule has 0 aliphatic heterocycles. The zero-order valence-corrected chi connectivity index (χ0v) is 7.81. The van der Waals surface area contributed by atoms with E-state index in [-0.39, 0.29) is 5.75 Å². The molecule has 0 aliphatic carbocycles. The summed E-state index contributed by atoms with van der Waals surface area (Å²) in [5, 5.41) is 0.